The highest BCUT2D eigenvalue weighted by molar-refractivity contribution is 7.17. The molecule has 1 aliphatic rings. The molecule has 0 spiro atoms. The molecule has 6 heteroatoms. The molecule has 0 aliphatic heterocycles. The molecular formula is C24H24N4OS. The van der Waals surface area contributed by atoms with Gasteiger partial charge >= 0.3 is 0 Å². The van der Waals surface area contributed by atoms with Crippen LogP contribution in [0.5, 0.6) is 0 Å². The average Bonchev–Trinajstić information content (AvgIpc) is 3.47. The van der Waals surface area contributed by atoms with Gasteiger partial charge in [-0.3, -0.25) is 4.79 Å². The number of benzene rings is 1. The largest absolute Gasteiger partial charge is 0.348 e. The number of thiophene rings is 1. The van der Waals surface area contributed by atoms with Crippen molar-refractivity contribution in [1.29, 1.82) is 0 Å². The summed E-state index contributed by atoms with van der Waals surface area (Å²) < 4.78 is 3.00. The van der Waals surface area contributed by atoms with Crippen LogP contribution in [-0.4, -0.2) is 26.7 Å². The molecule has 0 radical (unpaired) electrons. The number of fused-ring (bicyclic) bond motifs is 1. The van der Waals surface area contributed by atoms with Gasteiger partial charge in [-0.05, 0) is 66.1 Å². The molecule has 1 aromatic carbocycles. The summed E-state index contributed by atoms with van der Waals surface area (Å²) in [6, 6.07) is 14.6. The van der Waals surface area contributed by atoms with Crippen molar-refractivity contribution in [3.63, 3.8) is 0 Å². The van der Waals surface area contributed by atoms with E-state index in [4.69, 9.17) is 0 Å². The van der Waals surface area contributed by atoms with E-state index in [1.54, 1.807) is 17.5 Å². The second kappa shape index (κ2) is 8.40. The smallest absolute Gasteiger partial charge is 0.270 e. The first-order chi connectivity index (χ1) is 14.8. The molecular weight excluding hydrogens is 392 g/mol. The van der Waals surface area contributed by atoms with Gasteiger partial charge in [-0.2, -0.15) is 5.10 Å². The number of amides is 1. The Morgan fingerprint density at radius 1 is 1.13 bits per heavy atom. The minimum Gasteiger partial charge on any atom is -0.348 e. The summed E-state index contributed by atoms with van der Waals surface area (Å²) in [6.45, 7) is 0. The lowest BCUT2D eigenvalue weighted by Gasteiger charge is -2.22. The minimum absolute atomic E-state index is 0.0507. The van der Waals surface area contributed by atoms with Crippen molar-refractivity contribution in [1.82, 2.24) is 20.1 Å². The maximum atomic E-state index is 12.9. The predicted octanol–water partition coefficient (Wildman–Crippen LogP) is 5.14. The summed E-state index contributed by atoms with van der Waals surface area (Å²) in [5.74, 6) is -0.0507. The molecule has 1 amide bonds. The van der Waals surface area contributed by atoms with Crippen LogP contribution in [0.2, 0.25) is 0 Å². The van der Waals surface area contributed by atoms with E-state index in [9.17, 15) is 4.79 Å². The molecule has 0 atom stereocenters. The quantitative estimate of drug-likeness (QED) is 0.490. The van der Waals surface area contributed by atoms with E-state index in [1.807, 2.05) is 34.5 Å². The number of nitrogens with zero attached hydrogens (tertiary/aromatic N) is 3. The lowest BCUT2D eigenvalue weighted by Crippen LogP contribution is -2.36. The number of rotatable bonds is 5. The Hall–Kier alpha value is -2.99. The SMILES string of the molecule is O=C(NC1CCCCC1)c1cc(Cc2ccc(-n3cccn3)cc2)c2sccc2n1. The molecule has 5 nitrogen and oxygen atoms in total. The molecule has 0 saturated heterocycles. The topological polar surface area (TPSA) is 59.8 Å². The zero-order valence-electron chi connectivity index (χ0n) is 16.8. The van der Waals surface area contributed by atoms with E-state index in [1.165, 1.54) is 24.8 Å². The lowest BCUT2D eigenvalue weighted by molar-refractivity contribution is 0.0923. The number of carbonyl (C=O) groups is 1. The van der Waals surface area contributed by atoms with Crippen LogP contribution in [0.1, 0.15) is 53.7 Å². The molecule has 1 N–H and O–H groups in total. The Bertz CT molecular complexity index is 1140. The molecule has 4 aromatic rings. The van der Waals surface area contributed by atoms with E-state index in [0.29, 0.717) is 5.69 Å². The van der Waals surface area contributed by atoms with Gasteiger partial charge in [0.1, 0.15) is 5.69 Å². The number of carbonyl (C=O) groups excluding carboxylic acids is 1. The average molecular weight is 417 g/mol. The van der Waals surface area contributed by atoms with Gasteiger partial charge in [0.15, 0.2) is 0 Å². The number of aromatic nitrogens is 3. The van der Waals surface area contributed by atoms with Crippen molar-refractivity contribution in [2.24, 2.45) is 0 Å². The molecule has 1 fully saturated rings. The molecule has 0 unspecified atom stereocenters. The minimum atomic E-state index is -0.0507. The molecule has 3 heterocycles. The Morgan fingerprint density at radius 2 is 1.97 bits per heavy atom. The van der Waals surface area contributed by atoms with Crippen LogP contribution in [0, 0.1) is 0 Å². The Morgan fingerprint density at radius 3 is 2.73 bits per heavy atom. The second-order valence-electron chi connectivity index (χ2n) is 7.90. The predicted molar refractivity (Wildman–Crippen MR) is 120 cm³/mol. The van der Waals surface area contributed by atoms with Crippen molar-refractivity contribution in [3.05, 3.63) is 77.1 Å². The van der Waals surface area contributed by atoms with E-state index < -0.39 is 0 Å². The van der Waals surface area contributed by atoms with Gasteiger partial charge in [0, 0.05) is 18.4 Å². The monoisotopic (exact) mass is 416 g/mol. The van der Waals surface area contributed by atoms with Gasteiger partial charge in [0.2, 0.25) is 0 Å². The fourth-order valence-electron chi connectivity index (χ4n) is 4.19. The lowest BCUT2D eigenvalue weighted by atomic mass is 9.95. The van der Waals surface area contributed by atoms with Gasteiger partial charge in [-0.1, -0.05) is 31.4 Å². The van der Waals surface area contributed by atoms with Gasteiger partial charge in [0.25, 0.3) is 5.91 Å². The van der Waals surface area contributed by atoms with Crippen LogP contribution in [0.15, 0.2) is 60.2 Å². The van der Waals surface area contributed by atoms with Gasteiger partial charge in [-0.15, -0.1) is 11.3 Å². The zero-order chi connectivity index (χ0) is 20.3. The van der Waals surface area contributed by atoms with Gasteiger partial charge < -0.3 is 5.32 Å². The first-order valence-corrected chi connectivity index (χ1v) is 11.4. The fraction of sp³-hybridized carbons (Fsp3) is 0.292. The van der Waals surface area contributed by atoms with E-state index >= 15 is 0 Å². The molecule has 1 aliphatic carbocycles. The standard InChI is InChI=1S/C24H24N4OS/c29-24(26-19-5-2-1-3-6-19)22-16-18(23-21(27-22)11-14-30-23)15-17-7-9-20(10-8-17)28-13-4-12-25-28/h4,7-14,16,19H,1-3,5-6,15H2,(H,26,29). The van der Waals surface area contributed by atoms with Crippen LogP contribution in [0.3, 0.4) is 0 Å². The fourth-order valence-corrected chi connectivity index (χ4v) is 5.04. The molecule has 152 valence electrons. The van der Waals surface area contributed by atoms with E-state index in [2.05, 4.69) is 39.7 Å². The van der Waals surface area contributed by atoms with E-state index in [0.717, 1.165) is 40.7 Å². The zero-order valence-corrected chi connectivity index (χ0v) is 17.6. The highest BCUT2D eigenvalue weighted by Crippen LogP contribution is 2.27. The summed E-state index contributed by atoms with van der Waals surface area (Å²) in [4.78, 5) is 17.5. The third-order valence-corrected chi connectivity index (χ3v) is 6.74. The molecule has 1 saturated carbocycles. The Balaban J connectivity index is 1.39. The number of nitrogens with one attached hydrogen (secondary N) is 1. The first kappa shape index (κ1) is 19.0. The molecule has 0 bridgehead atoms. The Labute approximate surface area is 179 Å². The van der Waals surface area contributed by atoms with Crippen LogP contribution in [-0.2, 0) is 6.42 Å². The van der Waals surface area contributed by atoms with E-state index in [-0.39, 0.29) is 11.9 Å². The number of hydrogen-bond acceptors (Lipinski definition) is 4. The summed E-state index contributed by atoms with van der Waals surface area (Å²) >= 11 is 1.68. The van der Waals surface area contributed by atoms with Crippen molar-refractivity contribution in [3.8, 4) is 5.69 Å². The summed E-state index contributed by atoms with van der Waals surface area (Å²) in [7, 11) is 0. The van der Waals surface area contributed by atoms with Crippen molar-refractivity contribution in [2.75, 3.05) is 0 Å². The van der Waals surface area contributed by atoms with Crippen LogP contribution < -0.4 is 5.32 Å². The third kappa shape index (κ3) is 4.00. The van der Waals surface area contributed by atoms with Gasteiger partial charge in [0.05, 0.1) is 15.9 Å². The van der Waals surface area contributed by atoms with Gasteiger partial charge in [-0.25, -0.2) is 9.67 Å². The van der Waals surface area contributed by atoms with Crippen LogP contribution >= 0.6 is 11.3 Å². The first-order valence-electron chi connectivity index (χ1n) is 10.5. The van der Waals surface area contributed by atoms with Crippen LogP contribution in [0.25, 0.3) is 15.9 Å². The molecule has 30 heavy (non-hydrogen) atoms. The van der Waals surface area contributed by atoms with Crippen LogP contribution in [0.4, 0.5) is 0 Å². The number of hydrogen-bond donors (Lipinski definition) is 1. The van der Waals surface area contributed by atoms with Crippen molar-refractivity contribution >= 4 is 27.5 Å². The molecule has 5 rings (SSSR count). The highest BCUT2D eigenvalue weighted by Gasteiger charge is 2.19. The third-order valence-electron chi connectivity index (χ3n) is 5.76. The summed E-state index contributed by atoms with van der Waals surface area (Å²) in [5.41, 5.74) is 4.81. The van der Waals surface area contributed by atoms with Crippen molar-refractivity contribution < 1.29 is 4.79 Å². The Kier molecular flexibility index (Phi) is 5.32. The normalized spacial score (nSPS) is 14.8. The number of pyridine rings is 1. The second-order valence-corrected chi connectivity index (χ2v) is 8.82. The maximum Gasteiger partial charge on any atom is 0.270 e. The summed E-state index contributed by atoms with van der Waals surface area (Å²) in [5, 5.41) is 9.52. The molecule has 3 aromatic heterocycles. The maximum absolute atomic E-state index is 12.9. The summed E-state index contributed by atoms with van der Waals surface area (Å²) in [6.07, 6.45) is 10.3. The highest BCUT2D eigenvalue weighted by atomic mass is 32.1. The van der Waals surface area contributed by atoms with Crippen molar-refractivity contribution in [2.45, 2.75) is 44.6 Å².